The Bertz CT molecular complexity index is 1000. The molecule has 0 aliphatic rings. The molecule has 0 aromatic carbocycles. The molecule has 0 saturated carbocycles. The smallest absolute Gasteiger partial charge is 0.254 e. The number of carbonyl (C=O) groups is 1. The lowest BCUT2D eigenvalue weighted by Crippen LogP contribution is -2.29. The van der Waals surface area contributed by atoms with Crippen molar-refractivity contribution in [3.8, 4) is 5.82 Å². The second-order valence-electron chi connectivity index (χ2n) is 6.04. The van der Waals surface area contributed by atoms with E-state index in [1.54, 1.807) is 26.2 Å². The van der Waals surface area contributed by atoms with Crippen LogP contribution in [0.15, 0.2) is 35.5 Å². The molecule has 0 aliphatic carbocycles. The molecule has 8 heteroatoms. The summed E-state index contributed by atoms with van der Waals surface area (Å²) in [5.74, 6) is 1.87. The predicted octanol–water partition coefficient (Wildman–Crippen LogP) is 1.13. The topological polar surface area (TPSA) is 106 Å². The van der Waals surface area contributed by atoms with E-state index in [0.29, 0.717) is 23.6 Å². The number of amides is 1. The van der Waals surface area contributed by atoms with Crippen molar-refractivity contribution >= 4 is 5.91 Å². The van der Waals surface area contributed by atoms with Crippen LogP contribution in [0, 0.1) is 20.8 Å². The van der Waals surface area contributed by atoms with Crippen molar-refractivity contribution in [2.24, 2.45) is 0 Å². The molecule has 134 valence electrons. The van der Waals surface area contributed by atoms with Gasteiger partial charge < -0.3 is 10.3 Å². The summed E-state index contributed by atoms with van der Waals surface area (Å²) in [6.45, 7) is 5.68. The van der Waals surface area contributed by atoms with Gasteiger partial charge in [-0.15, -0.1) is 0 Å². The highest BCUT2D eigenvalue weighted by Crippen LogP contribution is 2.09. The standard InChI is InChI=1S/C18H20N6O2/c1-11-15(18(26)23-12(2)22-11)9-17(25)21-10-14-4-5-20-16(8-14)24-7-6-19-13(24)3/h4-8H,9-10H2,1-3H3,(H,21,25)(H,22,23,26). The van der Waals surface area contributed by atoms with Crippen LogP contribution in [0.3, 0.4) is 0 Å². The molecule has 0 bridgehead atoms. The first-order chi connectivity index (χ1) is 12.4. The van der Waals surface area contributed by atoms with Crippen LogP contribution >= 0.6 is 0 Å². The molecule has 0 aliphatic heterocycles. The van der Waals surface area contributed by atoms with E-state index >= 15 is 0 Å². The first kappa shape index (κ1) is 17.5. The number of nitrogens with zero attached hydrogens (tertiary/aromatic N) is 4. The van der Waals surface area contributed by atoms with Crippen molar-refractivity contribution < 1.29 is 4.79 Å². The van der Waals surface area contributed by atoms with Gasteiger partial charge in [-0.3, -0.25) is 14.2 Å². The van der Waals surface area contributed by atoms with E-state index in [0.717, 1.165) is 17.2 Å². The van der Waals surface area contributed by atoms with Crippen molar-refractivity contribution in [2.75, 3.05) is 0 Å². The van der Waals surface area contributed by atoms with Gasteiger partial charge in [0.2, 0.25) is 5.91 Å². The third kappa shape index (κ3) is 3.85. The van der Waals surface area contributed by atoms with Crippen LogP contribution in [0.5, 0.6) is 0 Å². The van der Waals surface area contributed by atoms with Gasteiger partial charge >= 0.3 is 0 Å². The number of aryl methyl sites for hydroxylation is 3. The highest BCUT2D eigenvalue weighted by Gasteiger charge is 2.12. The Labute approximate surface area is 150 Å². The minimum Gasteiger partial charge on any atom is -0.352 e. The van der Waals surface area contributed by atoms with Crippen molar-refractivity contribution in [2.45, 2.75) is 33.7 Å². The molecule has 0 radical (unpaired) electrons. The summed E-state index contributed by atoms with van der Waals surface area (Å²) in [6, 6.07) is 3.72. The number of H-pyrrole nitrogens is 1. The van der Waals surface area contributed by atoms with E-state index in [4.69, 9.17) is 0 Å². The Morgan fingerprint density at radius 2 is 2.04 bits per heavy atom. The van der Waals surface area contributed by atoms with Gasteiger partial charge in [-0.05, 0) is 38.5 Å². The van der Waals surface area contributed by atoms with Gasteiger partial charge in [0, 0.05) is 36.4 Å². The van der Waals surface area contributed by atoms with Crippen LogP contribution in [-0.2, 0) is 17.8 Å². The number of aromatic amines is 1. The number of carbonyl (C=O) groups excluding carboxylic acids is 1. The fraction of sp³-hybridized carbons (Fsp3) is 0.278. The third-order valence-corrected chi connectivity index (χ3v) is 4.05. The zero-order chi connectivity index (χ0) is 18.7. The molecular weight excluding hydrogens is 332 g/mol. The number of hydrogen-bond acceptors (Lipinski definition) is 5. The molecule has 1 amide bonds. The summed E-state index contributed by atoms with van der Waals surface area (Å²) >= 11 is 0. The Kier molecular flexibility index (Phi) is 4.92. The van der Waals surface area contributed by atoms with Crippen LogP contribution in [0.2, 0.25) is 0 Å². The molecular formula is C18H20N6O2. The first-order valence-corrected chi connectivity index (χ1v) is 8.22. The Morgan fingerprint density at radius 1 is 1.23 bits per heavy atom. The Morgan fingerprint density at radius 3 is 2.73 bits per heavy atom. The minimum absolute atomic E-state index is 0.00693. The average molecular weight is 352 g/mol. The highest BCUT2D eigenvalue weighted by molar-refractivity contribution is 5.78. The van der Waals surface area contributed by atoms with E-state index in [1.165, 1.54) is 0 Å². The van der Waals surface area contributed by atoms with Gasteiger partial charge in [0.25, 0.3) is 5.56 Å². The predicted molar refractivity (Wildman–Crippen MR) is 96.0 cm³/mol. The molecule has 0 spiro atoms. The summed E-state index contributed by atoms with van der Waals surface area (Å²) in [4.78, 5) is 39.5. The molecule has 3 aromatic heterocycles. The molecule has 0 saturated heterocycles. The van der Waals surface area contributed by atoms with Crippen molar-refractivity contribution in [1.29, 1.82) is 0 Å². The molecule has 2 N–H and O–H groups in total. The molecule has 26 heavy (non-hydrogen) atoms. The van der Waals surface area contributed by atoms with E-state index in [2.05, 4.69) is 25.3 Å². The number of imidazole rings is 1. The fourth-order valence-electron chi connectivity index (χ4n) is 2.71. The summed E-state index contributed by atoms with van der Waals surface area (Å²) in [6.07, 6.45) is 5.22. The lowest BCUT2D eigenvalue weighted by molar-refractivity contribution is -0.120. The molecule has 3 heterocycles. The third-order valence-electron chi connectivity index (χ3n) is 4.05. The number of aromatic nitrogens is 5. The van der Waals surface area contributed by atoms with Crippen LogP contribution in [0.25, 0.3) is 5.82 Å². The fourth-order valence-corrected chi connectivity index (χ4v) is 2.71. The van der Waals surface area contributed by atoms with E-state index in [9.17, 15) is 9.59 Å². The Hall–Kier alpha value is -3.29. The maximum absolute atomic E-state index is 12.2. The SMILES string of the molecule is Cc1nc(C)c(CC(=O)NCc2ccnc(-n3ccnc3C)c2)c(=O)[nH]1. The van der Waals surface area contributed by atoms with E-state index in [-0.39, 0.29) is 17.9 Å². The highest BCUT2D eigenvalue weighted by atomic mass is 16.2. The average Bonchev–Trinajstić information content (AvgIpc) is 3.02. The second-order valence-corrected chi connectivity index (χ2v) is 6.04. The maximum atomic E-state index is 12.2. The largest absolute Gasteiger partial charge is 0.352 e. The maximum Gasteiger partial charge on any atom is 0.254 e. The summed E-state index contributed by atoms with van der Waals surface area (Å²) in [7, 11) is 0. The lowest BCUT2D eigenvalue weighted by Gasteiger charge is -2.09. The monoisotopic (exact) mass is 352 g/mol. The van der Waals surface area contributed by atoms with Crippen molar-refractivity contribution in [1.82, 2.24) is 29.8 Å². The zero-order valence-corrected chi connectivity index (χ0v) is 14.9. The van der Waals surface area contributed by atoms with Crippen molar-refractivity contribution in [3.05, 3.63) is 69.5 Å². The van der Waals surface area contributed by atoms with Crippen LogP contribution < -0.4 is 10.9 Å². The molecule has 3 aromatic rings. The number of nitrogens with one attached hydrogen (secondary N) is 2. The minimum atomic E-state index is -0.271. The summed E-state index contributed by atoms with van der Waals surface area (Å²) < 4.78 is 1.87. The van der Waals surface area contributed by atoms with Gasteiger partial charge in [0.05, 0.1) is 6.42 Å². The van der Waals surface area contributed by atoms with Gasteiger partial charge in [-0.1, -0.05) is 0 Å². The molecule has 0 atom stereocenters. The first-order valence-electron chi connectivity index (χ1n) is 8.22. The molecule has 8 nitrogen and oxygen atoms in total. The lowest BCUT2D eigenvalue weighted by atomic mass is 10.1. The molecule has 3 rings (SSSR count). The second kappa shape index (κ2) is 7.30. The van der Waals surface area contributed by atoms with E-state index < -0.39 is 0 Å². The normalized spacial score (nSPS) is 10.7. The van der Waals surface area contributed by atoms with Gasteiger partial charge in [-0.2, -0.15) is 0 Å². The number of hydrogen-bond donors (Lipinski definition) is 2. The van der Waals surface area contributed by atoms with Crippen LogP contribution in [-0.4, -0.2) is 30.4 Å². The summed E-state index contributed by atoms with van der Waals surface area (Å²) in [5, 5.41) is 2.83. The van der Waals surface area contributed by atoms with Crippen LogP contribution in [0.1, 0.15) is 28.5 Å². The van der Waals surface area contributed by atoms with Gasteiger partial charge in [0.1, 0.15) is 17.5 Å². The van der Waals surface area contributed by atoms with E-state index in [1.807, 2.05) is 29.8 Å². The van der Waals surface area contributed by atoms with Gasteiger partial charge in [-0.25, -0.2) is 15.0 Å². The van der Waals surface area contributed by atoms with Crippen molar-refractivity contribution in [3.63, 3.8) is 0 Å². The quantitative estimate of drug-likeness (QED) is 0.716. The number of rotatable bonds is 5. The molecule has 0 fully saturated rings. The zero-order valence-electron chi connectivity index (χ0n) is 14.9. The molecule has 0 unspecified atom stereocenters. The Balaban J connectivity index is 1.67. The number of pyridine rings is 1. The van der Waals surface area contributed by atoms with Gasteiger partial charge in [0.15, 0.2) is 0 Å². The summed E-state index contributed by atoms with van der Waals surface area (Å²) in [5.41, 5.74) is 1.59. The van der Waals surface area contributed by atoms with Crippen LogP contribution in [0.4, 0.5) is 0 Å².